The number of piperidine rings is 1. The number of likely N-dealkylation sites (tertiary alicyclic amines) is 1. The molecule has 6 heteroatoms. The number of aromatic nitrogens is 1. The van der Waals surface area contributed by atoms with Crippen LogP contribution >= 0.6 is 11.3 Å². The standard InChI is InChI=1S/C24H20N2O3S/c27-23-18(22-11-16-4-1-2-6-21(16)30-22)7-8-19-17-10-15(13-26(19)23)12-25(14-17)24(28)20-5-3-9-29-20/h1-9,11,15,17H,10,12-14H2/t15-,17-/m1/s1. The molecule has 1 aromatic carbocycles. The first-order chi connectivity index (χ1) is 14.7. The first-order valence-electron chi connectivity index (χ1n) is 10.2. The number of benzene rings is 1. The molecule has 3 aromatic heterocycles. The smallest absolute Gasteiger partial charge is 0.289 e. The van der Waals surface area contributed by atoms with Gasteiger partial charge in [0.15, 0.2) is 5.76 Å². The van der Waals surface area contributed by atoms with Crippen LogP contribution in [-0.4, -0.2) is 28.5 Å². The number of thiophene rings is 1. The lowest BCUT2D eigenvalue weighted by molar-refractivity contribution is 0.0564. The molecule has 0 N–H and O–H groups in total. The Bertz CT molecular complexity index is 1280. The lowest BCUT2D eigenvalue weighted by Gasteiger charge is -2.42. The van der Waals surface area contributed by atoms with Gasteiger partial charge < -0.3 is 13.9 Å². The van der Waals surface area contributed by atoms with Crippen molar-refractivity contribution in [2.24, 2.45) is 5.92 Å². The average molecular weight is 417 g/mol. The second kappa shape index (κ2) is 6.71. The zero-order valence-corrected chi connectivity index (χ0v) is 17.1. The molecule has 0 unspecified atom stereocenters. The van der Waals surface area contributed by atoms with Gasteiger partial charge in [-0.15, -0.1) is 11.3 Å². The summed E-state index contributed by atoms with van der Waals surface area (Å²) in [6.45, 7) is 1.94. The van der Waals surface area contributed by atoms with Crippen molar-refractivity contribution in [3.05, 3.63) is 82.7 Å². The van der Waals surface area contributed by atoms with Crippen LogP contribution in [-0.2, 0) is 6.54 Å². The van der Waals surface area contributed by atoms with Crippen LogP contribution in [0.4, 0.5) is 0 Å². The maximum Gasteiger partial charge on any atom is 0.289 e. The summed E-state index contributed by atoms with van der Waals surface area (Å²) in [5.41, 5.74) is 1.89. The lowest BCUT2D eigenvalue weighted by Crippen LogP contribution is -2.49. The van der Waals surface area contributed by atoms with Gasteiger partial charge in [-0.05, 0) is 54.1 Å². The van der Waals surface area contributed by atoms with Gasteiger partial charge in [0.25, 0.3) is 11.5 Å². The van der Waals surface area contributed by atoms with Gasteiger partial charge >= 0.3 is 0 Å². The maximum atomic E-state index is 13.4. The molecular formula is C24H20N2O3S. The van der Waals surface area contributed by atoms with Gasteiger partial charge in [-0.25, -0.2) is 0 Å². The van der Waals surface area contributed by atoms with Crippen molar-refractivity contribution in [3.63, 3.8) is 0 Å². The van der Waals surface area contributed by atoms with E-state index in [1.165, 1.54) is 16.3 Å². The molecule has 1 saturated heterocycles. The normalized spacial score (nSPS) is 20.3. The number of carbonyl (C=O) groups excluding carboxylic acids is 1. The molecule has 1 fully saturated rings. The van der Waals surface area contributed by atoms with Gasteiger partial charge in [0.1, 0.15) is 0 Å². The molecule has 2 atom stereocenters. The van der Waals surface area contributed by atoms with E-state index in [0.29, 0.717) is 25.4 Å². The van der Waals surface area contributed by atoms with E-state index in [1.54, 1.807) is 23.5 Å². The molecule has 5 heterocycles. The summed E-state index contributed by atoms with van der Waals surface area (Å²) in [6.07, 6.45) is 2.55. The highest BCUT2D eigenvalue weighted by molar-refractivity contribution is 7.22. The van der Waals surface area contributed by atoms with Crippen LogP contribution in [0.5, 0.6) is 0 Å². The highest BCUT2D eigenvalue weighted by Crippen LogP contribution is 2.37. The Labute approximate surface area is 177 Å². The highest BCUT2D eigenvalue weighted by atomic mass is 32.1. The van der Waals surface area contributed by atoms with E-state index >= 15 is 0 Å². The van der Waals surface area contributed by atoms with E-state index in [1.807, 2.05) is 27.7 Å². The number of carbonyl (C=O) groups is 1. The Hall–Kier alpha value is -3.12. The molecule has 30 heavy (non-hydrogen) atoms. The van der Waals surface area contributed by atoms with Crippen LogP contribution < -0.4 is 5.56 Å². The van der Waals surface area contributed by atoms with E-state index in [2.05, 4.69) is 24.3 Å². The minimum Gasteiger partial charge on any atom is -0.459 e. The number of hydrogen-bond acceptors (Lipinski definition) is 4. The molecule has 0 aliphatic carbocycles. The van der Waals surface area contributed by atoms with E-state index in [-0.39, 0.29) is 23.3 Å². The Morgan fingerprint density at radius 1 is 1.03 bits per heavy atom. The van der Waals surface area contributed by atoms with E-state index in [9.17, 15) is 9.59 Å². The van der Waals surface area contributed by atoms with Crippen molar-refractivity contribution in [2.45, 2.75) is 18.9 Å². The zero-order valence-electron chi connectivity index (χ0n) is 16.3. The summed E-state index contributed by atoms with van der Waals surface area (Å²) < 4.78 is 8.45. The number of hydrogen-bond donors (Lipinski definition) is 0. The van der Waals surface area contributed by atoms with Gasteiger partial charge in [0, 0.05) is 40.8 Å². The molecule has 1 amide bonds. The Morgan fingerprint density at radius 3 is 2.77 bits per heavy atom. The van der Waals surface area contributed by atoms with Crippen LogP contribution in [0.3, 0.4) is 0 Å². The predicted molar refractivity (Wildman–Crippen MR) is 117 cm³/mol. The summed E-state index contributed by atoms with van der Waals surface area (Å²) in [5, 5.41) is 1.17. The van der Waals surface area contributed by atoms with Crippen molar-refractivity contribution in [3.8, 4) is 10.4 Å². The van der Waals surface area contributed by atoms with Crippen molar-refractivity contribution in [2.75, 3.05) is 13.1 Å². The predicted octanol–water partition coefficient (Wildman–Crippen LogP) is 4.58. The number of fused-ring (bicyclic) bond motifs is 5. The molecule has 2 bridgehead atoms. The quantitative estimate of drug-likeness (QED) is 0.481. The summed E-state index contributed by atoms with van der Waals surface area (Å²) >= 11 is 1.66. The molecule has 150 valence electrons. The number of rotatable bonds is 2. The van der Waals surface area contributed by atoms with E-state index in [0.717, 1.165) is 22.6 Å². The minimum absolute atomic E-state index is 0.0626. The summed E-state index contributed by atoms with van der Waals surface area (Å²) in [7, 11) is 0. The van der Waals surface area contributed by atoms with Gasteiger partial charge in [-0.2, -0.15) is 0 Å². The average Bonchev–Trinajstić information content (AvgIpc) is 3.44. The number of amides is 1. The molecule has 2 aliphatic heterocycles. The Balaban J connectivity index is 1.36. The van der Waals surface area contributed by atoms with Crippen molar-refractivity contribution >= 4 is 27.3 Å². The highest BCUT2D eigenvalue weighted by Gasteiger charge is 2.37. The second-order valence-corrected chi connectivity index (χ2v) is 9.31. The van der Waals surface area contributed by atoms with Crippen molar-refractivity contribution in [1.82, 2.24) is 9.47 Å². The summed E-state index contributed by atoms with van der Waals surface area (Å²) in [5.74, 6) is 0.783. The minimum atomic E-state index is -0.0626. The van der Waals surface area contributed by atoms with Crippen LogP contribution in [0.1, 0.15) is 28.6 Å². The van der Waals surface area contributed by atoms with Crippen LogP contribution in [0, 0.1) is 5.92 Å². The molecule has 2 aliphatic rings. The topological polar surface area (TPSA) is 55.5 Å². The van der Waals surface area contributed by atoms with E-state index in [4.69, 9.17) is 4.42 Å². The molecular weight excluding hydrogens is 396 g/mol. The van der Waals surface area contributed by atoms with Gasteiger partial charge in [-0.1, -0.05) is 18.2 Å². The molecule has 6 rings (SSSR count). The Kier molecular flexibility index (Phi) is 3.96. The Morgan fingerprint density at radius 2 is 1.93 bits per heavy atom. The second-order valence-electron chi connectivity index (χ2n) is 8.22. The van der Waals surface area contributed by atoms with Crippen molar-refractivity contribution in [1.29, 1.82) is 0 Å². The fourth-order valence-electron chi connectivity index (χ4n) is 4.97. The number of nitrogens with zero attached hydrogens (tertiary/aromatic N) is 2. The number of furan rings is 1. The lowest BCUT2D eigenvalue weighted by atomic mass is 9.83. The van der Waals surface area contributed by atoms with Gasteiger partial charge in [0.05, 0.1) is 11.8 Å². The fourth-order valence-corrected chi connectivity index (χ4v) is 6.05. The largest absolute Gasteiger partial charge is 0.459 e. The third kappa shape index (κ3) is 2.75. The number of pyridine rings is 1. The molecule has 0 saturated carbocycles. The van der Waals surface area contributed by atoms with Crippen LogP contribution in [0.25, 0.3) is 20.5 Å². The van der Waals surface area contributed by atoms with E-state index < -0.39 is 0 Å². The van der Waals surface area contributed by atoms with Crippen molar-refractivity contribution < 1.29 is 9.21 Å². The summed E-state index contributed by atoms with van der Waals surface area (Å²) in [4.78, 5) is 29.1. The third-order valence-corrected chi connectivity index (χ3v) is 7.46. The molecule has 0 radical (unpaired) electrons. The third-order valence-electron chi connectivity index (χ3n) is 6.31. The first kappa shape index (κ1) is 17.7. The zero-order chi connectivity index (χ0) is 20.2. The monoisotopic (exact) mass is 416 g/mol. The van der Waals surface area contributed by atoms with Crippen LogP contribution in [0.2, 0.25) is 0 Å². The fraction of sp³-hybridized carbons (Fsp3) is 0.250. The van der Waals surface area contributed by atoms with Gasteiger partial charge in [-0.3, -0.25) is 9.59 Å². The molecule has 5 nitrogen and oxygen atoms in total. The molecule has 0 spiro atoms. The SMILES string of the molecule is O=C(c1ccco1)N1C[C@H]2C[C@H](C1)c1ccc(-c3cc4ccccc4s3)c(=O)n1C2. The van der Waals surface area contributed by atoms with Crippen LogP contribution in [0.15, 0.2) is 70.1 Å². The molecule has 4 aromatic rings. The maximum absolute atomic E-state index is 13.4. The van der Waals surface area contributed by atoms with Gasteiger partial charge in [0.2, 0.25) is 0 Å². The summed E-state index contributed by atoms with van der Waals surface area (Å²) in [6, 6.07) is 17.8. The first-order valence-corrected chi connectivity index (χ1v) is 11.0.